The summed E-state index contributed by atoms with van der Waals surface area (Å²) >= 11 is 0. The van der Waals surface area contributed by atoms with Crippen molar-refractivity contribution in [3.05, 3.63) is 206 Å². The van der Waals surface area contributed by atoms with Crippen LogP contribution in [0.25, 0.3) is 82.1 Å². The van der Waals surface area contributed by atoms with Gasteiger partial charge in [0.05, 0.1) is 22.4 Å². The van der Waals surface area contributed by atoms with Crippen molar-refractivity contribution in [2.75, 3.05) is 4.90 Å². The first kappa shape index (κ1) is 31.7. The smallest absolute Gasteiger partial charge is 0.152 e. The van der Waals surface area contributed by atoms with E-state index in [1.807, 2.05) is 12.1 Å². The Bertz CT molecular complexity index is 3370. The molecule has 0 fully saturated rings. The highest BCUT2D eigenvalue weighted by atomic mass is 16.5. The van der Waals surface area contributed by atoms with Crippen LogP contribution < -0.4 is 9.64 Å². The first-order valence-electron chi connectivity index (χ1n) is 19.5. The van der Waals surface area contributed by atoms with Crippen molar-refractivity contribution in [2.45, 2.75) is 0 Å². The van der Waals surface area contributed by atoms with E-state index in [4.69, 9.17) is 4.74 Å². The minimum absolute atomic E-state index is 0.871. The lowest BCUT2D eigenvalue weighted by Gasteiger charge is -2.28. The lowest BCUT2D eigenvalue weighted by atomic mass is 9.96. The molecule has 0 radical (unpaired) electrons. The highest BCUT2D eigenvalue weighted by molar-refractivity contribution is 6.18. The second kappa shape index (κ2) is 12.5. The molecule has 12 rings (SSSR count). The van der Waals surface area contributed by atoms with Crippen molar-refractivity contribution < 1.29 is 4.74 Å². The molecule has 0 saturated heterocycles. The molecule has 1 aromatic heterocycles. The van der Waals surface area contributed by atoms with E-state index in [1.54, 1.807) is 0 Å². The number of para-hydroxylation sites is 3. The van der Waals surface area contributed by atoms with Crippen LogP contribution >= 0.6 is 0 Å². The number of aromatic nitrogens is 1. The number of hydrogen-bond acceptors (Lipinski definition) is 2. The minimum Gasteiger partial charge on any atom is -0.453 e. The Morgan fingerprint density at radius 1 is 0.386 bits per heavy atom. The fraction of sp³-hybridized carbons (Fsp3) is 0. The van der Waals surface area contributed by atoms with Gasteiger partial charge in [0.2, 0.25) is 0 Å². The fourth-order valence-corrected chi connectivity index (χ4v) is 9.19. The predicted octanol–water partition coefficient (Wildman–Crippen LogP) is 15.2. The summed E-state index contributed by atoms with van der Waals surface area (Å²) < 4.78 is 8.88. The van der Waals surface area contributed by atoms with Gasteiger partial charge in [-0.2, -0.15) is 0 Å². The summed E-state index contributed by atoms with van der Waals surface area (Å²) in [4.78, 5) is 2.42. The summed E-state index contributed by atoms with van der Waals surface area (Å²) in [7, 11) is 0. The van der Waals surface area contributed by atoms with Crippen LogP contribution in [0.4, 0.5) is 17.1 Å². The van der Waals surface area contributed by atoms with Gasteiger partial charge in [0.15, 0.2) is 11.5 Å². The van der Waals surface area contributed by atoms with Gasteiger partial charge >= 0.3 is 0 Å². The Labute approximate surface area is 329 Å². The van der Waals surface area contributed by atoms with Crippen molar-refractivity contribution in [3.63, 3.8) is 0 Å². The van der Waals surface area contributed by atoms with Gasteiger partial charge in [-0.05, 0) is 110 Å². The van der Waals surface area contributed by atoms with E-state index in [2.05, 4.69) is 204 Å². The zero-order valence-corrected chi connectivity index (χ0v) is 30.9. The summed E-state index contributed by atoms with van der Waals surface area (Å²) in [6, 6.07) is 74.5. The van der Waals surface area contributed by atoms with Gasteiger partial charge in [0, 0.05) is 27.5 Å². The maximum absolute atomic E-state index is 6.51. The van der Waals surface area contributed by atoms with Crippen LogP contribution in [0.15, 0.2) is 206 Å². The monoisotopic (exact) mass is 726 g/mol. The number of anilines is 3. The Balaban J connectivity index is 1.04. The van der Waals surface area contributed by atoms with Crippen molar-refractivity contribution in [1.29, 1.82) is 0 Å². The molecule has 1 aliphatic rings. The molecule has 0 saturated carbocycles. The van der Waals surface area contributed by atoms with Crippen LogP contribution in [-0.4, -0.2) is 4.57 Å². The molecule has 0 N–H and O–H groups in total. The predicted molar refractivity (Wildman–Crippen MR) is 239 cm³/mol. The summed E-state index contributed by atoms with van der Waals surface area (Å²) in [5.74, 6) is 1.75. The van der Waals surface area contributed by atoms with Crippen molar-refractivity contribution in [1.82, 2.24) is 4.57 Å². The fourth-order valence-electron chi connectivity index (χ4n) is 9.19. The van der Waals surface area contributed by atoms with E-state index in [1.165, 1.54) is 65.3 Å². The van der Waals surface area contributed by atoms with E-state index in [9.17, 15) is 0 Å². The lowest BCUT2D eigenvalue weighted by molar-refractivity contribution is 0.476. The van der Waals surface area contributed by atoms with E-state index >= 15 is 0 Å². The number of ether oxygens (including phenoxy) is 1. The first-order valence-corrected chi connectivity index (χ1v) is 19.5. The number of rotatable bonds is 5. The molecule has 1 aliphatic heterocycles. The molecule has 3 heteroatoms. The van der Waals surface area contributed by atoms with Gasteiger partial charge in [-0.25, -0.2) is 0 Å². The molecule has 11 aromatic rings. The van der Waals surface area contributed by atoms with Gasteiger partial charge in [0.25, 0.3) is 0 Å². The van der Waals surface area contributed by atoms with Crippen molar-refractivity contribution in [2.24, 2.45) is 0 Å². The normalized spacial score (nSPS) is 12.0. The first-order chi connectivity index (χ1) is 28.3. The Hall–Kier alpha value is -7.62. The third kappa shape index (κ3) is 4.86. The third-order valence-electron chi connectivity index (χ3n) is 11.8. The lowest BCUT2D eigenvalue weighted by Crippen LogP contribution is -2.10. The average Bonchev–Trinajstić information content (AvgIpc) is 3.63. The van der Waals surface area contributed by atoms with Crippen LogP contribution in [-0.2, 0) is 0 Å². The molecule has 0 bridgehead atoms. The molecule has 3 nitrogen and oxygen atoms in total. The Kier molecular flexibility index (Phi) is 6.93. The molecule has 266 valence electrons. The number of nitrogens with zero attached hydrogens (tertiary/aromatic N) is 2. The van der Waals surface area contributed by atoms with Crippen LogP contribution in [0.1, 0.15) is 0 Å². The third-order valence-corrected chi connectivity index (χ3v) is 11.8. The number of fused-ring (bicyclic) bond motifs is 9. The van der Waals surface area contributed by atoms with E-state index in [-0.39, 0.29) is 0 Å². The minimum atomic E-state index is 0.871. The molecular formula is C54H34N2O. The van der Waals surface area contributed by atoms with E-state index < -0.39 is 0 Å². The highest BCUT2D eigenvalue weighted by Gasteiger charge is 2.26. The molecule has 0 atom stereocenters. The SMILES string of the molecule is c1ccc2c(c1)Oc1ccc(-c3ccc(N(c4ccc(-c5cccc6ccccc56)cc4)c4cc5ccccc5c5ccccc45)cc3)c3c4ccccc4n-2c13. The molecule has 0 spiro atoms. The second-order valence-electron chi connectivity index (χ2n) is 14.9. The molecule has 10 aromatic carbocycles. The molecule has 57 heavy (non-hydrogen) atoms. The van der Waals surface area contributed by atoms with Crippen LogP contribution in [0.3, 0.4) is 0 Å². The van der Waals surface area contributed by atoms with Crippen LogP contribution in [0, 0.1) is 0 Å². The second-order valence-corrected chi connectivity index (χ2v) is 14.9. The zero-order chi connectivity index (χ0) is 37.5. The standard InChI is InChI=1S/C54H34N2O/c1-3-15-41-35(12-1)14-11-20-42(41)36-24-28-39(29-25-36)55(50-34-38-13-2-4-16-43(38)45-17-5-6-18-46(45)50)40-30-26-37(27-31-40)44-32-33-52-54-53(44)47-19-7-8-21-48(47)56(54)49-22-9-10-23-51(49)57-52/h1-34H. The van der Waals surface area contributed by atoms with Gasteiger partial charge in [0.1, 0.15) is 0 Å². The molecule has 0 aliphatic carbocycles. The average molecular weight is 727 g/mol. The Morgan fingerprint density at radius 2 is 0.982 bits per heavy atom. The van der Waals surface area contributed by atoms with Gasteiger partial charge in [-0.3, -0.25) is 0 Å². The maximum Gasteiger partial charge on any atom is 0.152 e. The van der Waals surface area contributed by atoms with E-state index in [0.717, 1.165) is 45.3 Å². The summed E-state index contributed by atoms with van der Waals surface area (Å²) in [6.07, 6.45) is 0. The van der Waals surface area contributed by atoms with E-state index in [0.29, 0.717) is 0 Å². The number of benzene rings is 10. The summed E-state index contributed by atoms with van der Waals surface area (Å²) in [5, 5.41) is 9.83. The summed E-state index contributed by atoms with van der Waals surface area (Å²) in [5.41, 5.74) is 11.4. The topological polar surface area (TPSA) is 17.4 Å². The largest absolute Gasteiger partial charge is 0.453 e. The van der Waals surface area contributed by atoms with Crippen molar-refractivity contribution >= 4 is 71.2 Å². The molecular weight excluding hydrogens is 693 g/mol. The van der Waals surface area contributed by atoms with Crippen LogP contribution in [0.5, 0.6) is 11.5 Å². The number of hydrogen-bond donors (Lipinski definition) is 0. The summed E-state index contributed by atoms with van der Waals surface area (Å²) in [6.45, 7) is 0. The zero-order valence-electron chi connectivity index (χ0n) is 30.9. The van der Waals surface area contributed by atoms with Gasteiger partial charge < -0.3 is 14.2 Å². The molecule has 0 unspecified atom stereocenters. The Morgan fingerprint density at radius 3 is 1.77 bits per heavy atom. The molecule has 0 amide bonds. The van der Waals surface area contributed by atoms with Crippen LogP contribution in [0.2, 0.25) is 0 Å². The molecule has 2 heterocycles. The highest BCUT2D eigenvalue weighted by Crippen LogP contribution is 2.49. The van der Waals surface area contributed by atoms with Gasteiger partial charge in [-0.1, -0.05) is 146 Å². The van der Waals surface area contributed by atoms with Gasteiger partial charge in [-0.15, -0.1) is 0 Å². The maximum atomic E-state index is 6.51. The van der Waals surface area contributed by atoms with Crippen molar-refractivity contribution in [3.8, 4) is 39.4 Å². The quantitative estimate of drug-likeness (QED) is 0.164.